The first kappa shape index (κ1) is 26.8. The Labute approximate surface area is 285 Å². The van der Waals surface area contributed by atoms with Gasteiger partial charge < -0.3 is 4.57 Å². The maximum absolute atomic E-state index is 5.13. The number of para-hydroxylation sites is 4. The summed E-state index contributed by atoms with van der Waals surface area (Å²) >= 11 is 1.91. The molecule has 0 saturated carbocycles. The normalized spacial score (nSPS) is 12.1. The molecule has 0 aliphatic rings. The molecular weight excluding hydrogens is 615 g/mol. The lowest BCUT2D eigenvalue weighted by atomic mass is 9.96. The van der Waals surface area contributed by atoms with Crippen molar-refractivity contribution in [2.45, 2.75) is 0 Å². The van der Waals surface area contributed by atoms with Crippen LogP contribution in [0.5, 0.6) is 0 Å². The minimum Gasteiger partial charge on any atom is -0.308 e. The Morgan fingerprint density at radius 3 is 1.88 bits per heavy atom. The molecule has 3 nitrogen and oxygen atoms in total. The van der Waals surface area contributed by atoms with Crippen molar-refractivity contribution in [3.05, 3.63) is 164 Å². The van der Waals surface area contributed by atoms with Gasteiger partial charge in [0.2, 0.25) is 0 Å². The van der Waals surface area contributed by atoms with E-state index in [-0.39, 0.29) is 0 Å². The van der Waals surface area contributed by atoms with Gasteiger partial charge in [0, 0.05) is 43.2 Å². The van der Waals surface area contributed by atoms with Crippen LogP contribution in [-0.2, 0) is 0 Å². The van der Waals surface area contributed by atoms with Gasteiger partial charge in [-0.15, -0.1) is 11.3 Å². The highest BCUT2D eigenvalue weighted by Gasteiger charge is 2.23. The molecule has 0 unspecified atom stereocenters. The zero-order valence-electron chi connectivity index (χ0n) is 26.3. The van der Waals surface area contributed by atoms with Crippen LogP contribution in [0.2, 0.25) is 0 Å². The number of hydrogen-bond donors (Lipinski definition) is 0. The maximum Gasteiger partial charge on any atom is 0.145 e. The van der Waals surface area contributed by atoms with Crippen LogP contribution in [0.3, 0.4) is 0 Å². The minimum absolute atomic E-state index is 0.936. The fraction of sp³-hybridized carbons (Fsp3) is 0. The molecule has 0 aliphatic carbocycles. The first-order valence-electron chi connectivity index (χ1n) is 16.6. The lowest BCUT2D eigenvalue weighted by Gasteiger charge is -2.12. The molecule has 49 heavy (non-hydrogen) atoms. The standard InChI is InChI=1S/C45H27N3S/c1-2-13-30(14-3-1)48-38-21-11-9-19-36(38)46-45(48)29-22-25-31(26-23-29)47-37-20-10-8-18-35(37)40-33-16-6-7-17-34(33)42-41-32-15-5-4-12-28(32)24-27-39(41)49-44(42)43(40)47/h1-27H. The van der Waals surface area contributed by atoms with E-state index in [2.05, 4.69) is 173 Å². The van der Waals surface area contributed by atoms with Crippen LogP contribution in [0.1, 0.15) is 0 Å². The van der Waals surface area contributed by atoms with Crippen LogP contribution in [0, 0.1) is 0 Å². The van der Waals surface area contributed by atoms with E-state index >= 15 is 0 Å². The fourth-order valence-corrected chi connectivity index (χ4v) is 9.30. The third-order valence-corrected chi connectivity index (χ3v) is 11.3. The summed E-state index contributed by atoms with van der Waals surface area (Å²) in [7, 11) is 0. The maximum atomic E-state index is 5.13. The molecule has 0 N–H and O–H groups in total. The first-order chi connectivity index (χ1) is 24.3. The van der Waals surface area contributed by atoms with Gasteiger partial charge in [0.1, 0.15) is 5.82 Å². The Hall–Kier alpha value is -6.23. The number of aromatic nitrogens is 3. The van der Waals surface area contributed by atoms with Crippen LogP contribution in [0.15, 0.2) is 164 Å². The molecule has 8 aromatic carbocycles. The van der Waals surface area contributed by atoms with Crippen LogP contribution >= 0.6 is 11.3 Å². The van der Waals surface area contributed by atoms with E-state index < -0.39 is 0 Å². The minimum atomic E-state index is 0.936. The second kappa shape index (κ2) is 10.1. The Morgan fingerprint density at radius 1 is 0.429 bits per heavy atom. The third kappa shape index (κ3) is 3.75. The number of rotatable bonds is 3. The average molecular weight is 642 g/mol. The summed E-state index contributed by atoms with van der Waals surface area (Å²) in [5, 5.41) is 10.5. The summed E-state index contributed by atoms with van der Waals surface area (Å²) in [6, 6.07) is 59.1. The van der Waals surface area contributed by atoms with Gasteiger partial charge in [-0.2, -0.15) is 0 Å². The second-order valence-electron chi connectivity index (χ2n) is 12.7. The van der Waals surface area contributed by atoms with E-state index in [1.165, 1.54) is 63.5 Å². The Kier molecular flexibility index (Phi) is 5.54. The van der Waals surface area contributed by atoms with Crippen molar-refractivity contribution in [3.8, 4) is 22.8 Å². The molecule has 0 spiro atoms. The van der Waals surface area contributed by atoms with E-state index in [0.717, 1.165) is 33.8 Å². The van der Waals surface area contributed by atoms with Crippen molar-refractivity contribution in [1.29, 1.82) is 0 Å². The fourth-order valence-electron chi connectivity index (χ4n) is 8.03. The van der Waals surface area contributed by atoms with E-state index in [9.17, 15) is 0 Å². The van der Waals surface area contributed by atoms with E-state index in [0.29, 0.717) is 0 Å². The lowest BCUT2D eigenvalue weighted by Crippen LogP contribution is -1.98. The molecule has 0 aliphatic heterocycles. The predicted molar refractivity (Wildman–Crippen MR) is 209 cm³/mol. The second-order valence-corrected chi connectivity index (χ2v) is 13.8. The highest BCUT2D eigenvalue weighted by atomic mass is 32.1. The van der Waals surface area contributed by atoms with Crippen molar-refractivity contribution >= 4 is 85.9 Å². The van der Waals surface area contributed by atoms with Crippen LogP contribution in [-0.4, -0.2) is 14.1 Å². The third-order valence-electron chi connectivity index (χ3n) is 10.1. The molecule has 228 valence electrons. The summed E-state index contributed by atoms with van der Waals surface area (Å²) in [5.74, 6) is 0.936. The number of fused-ring (bicyclic) bond motifs is 13. The number of imidazole rings is 1. The van der Waals surface area contributed by atoms with Gasteiger partial charge in [0.05, 0.1) is 26.8 Å². The van der Waals surface area contributed by atoms with Crippen molar-refractivity contribution < 1.29 is 0 Å². The van der Waals surface area contributed by atoms with Crippen LogP contribution < -0.4 is 0 Å². The topological polar surface area (TPSA) is 22.8 Å². The molecule has 11 rings (SSSR count). The molecular formula is C45H27N3S. The number of benzene rings is 8. The molecule has 0 fully saturated rings. The van der Waals surface area contributed by atoms with E-state index in [1.54, 1.807) is 0 Å². The SMILES string of the molecule is c1ccc(-n2c(-c3ccc(-n4c5ccccc5c5c6ccccc6c6c(sc7ccc8ccccc8c76)c54)cc3)nc3ccccc32)cc1. The number of hydrogen-bond acceptors (Lipinski definition) is 2. The van der Waals surface area contributed by atoms with Gasteiger partial charge in [0.25, 0.3) is 0 Å². The number of thiophene rings is 1. The van der Waals surface area contributed by atoms with E-state index in [4.69, 9.17) is 4.98 Å². The van der Waals surface area contributed by atoms with Gasteiger partial charge in [0.15, 0.2) is 0 Å². The van der Waals surface area contributed by atoms with Crippen molar-refractivity contribution in [2.75, 3.05) is 0 Å². The zero-order valence-corrected chi connectivity index (χ0v) is 27.2. The predicted octanol–water partition coefficient (Wildman–Crippen LogP) is 12.5. The number of nitrogens with zero attached hydrogens (tertiary/aromatic N) is 3. The highest BCUT2D eigenvalue weighted by Crippen LogP contribution is 2.49. The molecule has 0 atom stereocenters. The quantitative estimate of drug-likeness (QED) is 0.188. The van der Waals surface area contributed by atoms with Gasteiger partial charge >= 0.3 is 0 Å². The molecule has 3 heterocycles. The largest absolute Gasteiger partial charge is 0.308 e. The summed E-state index contributed by atoms with van der Waals surface area (Å²) < 4.78 is 7.40. The molecule has 0 bridgehead atoms. The first-order valence-corrected chi connectivity index (χ1v) is 17.5. The van der Waals surface area contributed by atoms with Crippen molar-refractivity contribution in [1.82, 2.24) is 14.1 Å². The molecule has 0 saturated heterocycles. The Balaban J connectivity index is 1.22. The Bertz CT molecular complexity index is 3090. The van der Waals surface area contributed by atoms with Crippen molar-refractivity contribution in [2.24, 2.45) is 0 Å². The molecule has 11 aromatic rings. The molecule has 0 radical (unpaired) electrons. The summed E-state index contributed by atoms with van der Waals surface area (Å²) in [6.45, 7) is 0. The van der Waals surface area contributed by atoms with Crippen molar-refractivity contribution in [3.63, 3.8) is 0 Å². The summed E-state index contributed by atoms with van der Waals surface area (Å²) in [5.41, 5.74) is 7.88. The van der Waals surface area contributed by atoms with Gasteiger partial charge in [-0.05, 0) is 82.2 Å². The van der Waals surface area contributed by atoms with Gasteiger partial charge in [-0.1, -0.05) is 103 Å². The van der Waals surface area contributed by atoms with Gasteiger partial charge in [-0.3, -0.25) is 4.57 Å². The smallest absolute Gasteiger partial charge is 0.145 e. The lowest BCUT2D eigenvalue weighted by molar-refractivity contribution is 1.10. The highest BCUT2D eigenvalue weighted by molar-refractivity contribution is 7.27. The van der Waals surface area contributed by atoms with Crippen LogP contribution in [0.4, 0.5) is 0 Å². The average Bonchev–Trinajstić information content (AvgIpc) is 3.86. The van der Waals surface area contributed by atoms with Crippen LogP contribution in [0.25, 0.3) is 97.3 Å². The summed E-state index contributed by atoms with van der Waals surface area (Å²) in [4.78, 5) is 5.13. The summed E-state index contributed by atoms with van der Waals surface area (Å²) in [6.07, 6.45) is 0. The zero-order chi connectivity index (χ0) is 32.1. The van der Waals surface area contributed by atoms with E-state index in [1.807, 2.05) is 11.3 Å². The molecule has 0 amide bonds. The van der Waals surface area contributed by atoms with Gasteiger partial charge in [-0.25, -0.2) is 4.98 Å². The molecule has 4 heteroatoms. The Morgan fingerprint density at radius 2 is 1.06 bits per heavy atom. The molecule has 3 aromatic heterocycles. The monoisotopic (exact) mass is 641 g/mol.